The number of aromatic nitrogens is 3. The number of amides is 1. The Hall–Kier alpha value is -3.21. The molecule has 32 heavy (non-hydrogen) atoms. The first-order valence-corrected chi connectivity index (χ1v) is 10.7. The van der Waals surface area contributed by atoms with Crippen molar-refractivity contribution in [2.75, 3.05) is 11.1 Å². The van der Waals surface area contributed by atoms with E-state index in [0.29, 0.717) is 28.2 Å². The highest BCUT2D eigenvalue weighted by molar-refractivity contribution is 7.15. The van der Waals surface area contributed by atoms with Crippen molar-refractivity contribution in [2.24, 2.45) is 5.92 Å². The van der Waals surface area contributed by atoms with Crippen LogP contribution in [0.3, 0.4) is 0 Å². The summed E-state index contributed by atoms with van der Waals surface area (Å²) in [6.45, 7) is 0. The van der Waals surface area contributed by atoms with Crippen molar-refractivity contribution >= 4 is 28.1 Å². The van der Waals surface area contributed by atoms with Crippen LogP contribution in [0.5, 0.6) is 5.75 Å². The van der Waals surface area contributed by atoms with Crippen LogP contribution in [0.2, 0.25) is 0 Å². The average molecular weight is 463 g/mol. The third-order valence-corrected chi connectivity index (χ3v) is 6.06. The zero-order valence-electron chi connectivity index (χ0n) is 16.8. The highest BCUT2D eigenvalue weighted by atomic mass is 32.1. The van der Waals surface area contributed by atoms with E-state index in [2.05, 4.69) is 25.2 Å². The predicted octanol–water partition coefficient (Wildman–Crippen LogP) is 4.33. The van der Waals surface area contributed by atoms with Gasteiger partial charge in [-0.1, -0.05) is 23.5 Å². The Morgan fingerprint density at radius 2 is 2.03 bits per heavy atom. The number of nitrogen functional groups attached to an aromatic ring is 1. The lowest BCUT2D eigenvalue weighted by molar-refractivity contribution is -0.274. The number of halogens is 3. The van der Waals surface area contributed by atoms with Gasteiger partial charge in [0.1, 0.15) is 10.8 Å². The fraction of sp³-hybridized carbons (Fsp3) is 0.333. The van der Waals surface area contributed by atoms with E-state index in [1.807, 2.05) is 6.07 Å². The third kappa shape index (κ3) is 5.94. The first kappa shape index (κ1) is 22.0. The van der Waals surface area contributed by atoms with Crippen LogP contribution < -0.4 is 15.8 Å². The third-order valence-electron chi connectivity index (χ3n) is 5.14. The molecule has 1 saturated carbocycles. The Bertz CT molecular complexity index is 1080. The molecule has 0 atom stereocenters. The topological polar surface area (TPSA) is 103 Å². The van der Waals surface area contributed by atoms with Crippen molar-refractivity contribution in [1.82, 2.24) is 15.2 Å². The van der Waals surface area contributed by atoms with E-state index < -0.39 is 6.36 Å². The molecule has 1 fully saturated rings. The van der Waals surface area contributed by atoms with E-state index in [-0.39, 0.29) is 18.1 Å². The molecule has 0 bridgehead atoms. The van der Waals surface area contributed by atoms with E-state index in [9.17, 15) is 18.0 Å². The van der Waals surface area contributed by atoms with Crippen molar-refractivity contribution < 1.29 is 22.7 Å². The number of alkyl halides is 3. The maximum absolute atomic E-state index is 12.3. The zero-order valence-corrected chi connectivity index (χ0v) is 17.6. The molecule has 2 aromatic heterocycles. The summed E-state index contributed by atoms with van der Waals surface area (Å²) in [7, 11) is 0. The number of nitrogens with zero attached hydrogens (tertiary/aromatic N) is 3. The van der Waals surface area contributed by atoms with Crippen LogP contribution in [0.25, 0.3) is 0 Å². The molecule has 0 unspecified atom stereocenters. The minimum absolute atomic E-state index is 0.0869. The minimum Gasteiger partial charge on any atom is -0.406 e. The predicted molar refractivity (Wildman–Crippen MR) is 113 cm³/mol. The zero-order chi connectivity index (χ0) is 22.7. The molecule has 1 aliphatic carbocycles. The summed E-state index contributed by atoms with van der Waals surface area (Å²) in [5.41, 5.74) is 7.50. The molecule has 3 N–H and O–H groups in total. The van der Waals surface area contributed by atoms with Crippen LogP contribution in [0.4, 0.5) is 24.0 Å². The molecule has 0 aliphatic heterocycles. The number of hydrogen-bond acceptors (Lipinski definition) is 7. The van der Waals surface area contributed by atoms with Gasteiger partial charge in [0.05, 0.1) is 18.3 Å². The van der Waals surface area contributed by atoms with E-state index in [4.69, 9.17) is 5.73 Å². The molecular weight excluding hydrogens is 443 g/mol. The second-order valence-corrected chi connectivity index (χ2v) is 8.72. The number of carbonyl (C=O) groups excluding carboxylic acids is 1. The number of ether oxygens (including phenoxy) is 1. The second kappa shape index (κ2) is 9.11. The van der Waals surface area contributed by atoms with Crippen molar-refractivity contribution in [3.8, 4) is 5.75 Å². The second-order valence-electron chi connectivity index (χ2n) is 7.68. The Kier molecular flexibility index (Phi) is 6.26. The van der Waals surface area contributed by atoms with Crippen LogP contribution in [-0.2, 0) is 17.6 Å². The van der Waals surface area contributed by atoms with Crippen LogP contribution in [0.1, 0.15) is 35.0 Å². The smallest absolute Gasteiger partial charge is 0.406 e. The molecule has 1 aliphatic rings. The quantitative estimate of drug-likeness (QED) is 0.541. The van der Waals surface area contributed by atoms with E-state index in [1.54, 1.807) is 18.3 Å². The fourth-order valence-electron chi connectivity index (χ4n) is 3.67. The van der Waals surface area contributed by atoms with E-state index in [1.165, 1.54) is 29.5 Å². The van der Waals surface area contributed by atoms with Crippen molar-refractivity contribution in [3.05, 3.63) is 58.9 Å². The van der Waals surface area contributed by atoms with E-state index >= 15 is 0 Å². The number of benzene rings is 1. The van der Waals surface area contributed by atoms with E-state index in [0.717, 1.165) is 30.0 Å². The number of nitrogens with two attached hydrogens (primary N) is 1. The molecule has 11 heteroatoms. The number of rotatable bonds is 7. The van der Waals surface area contributed by atoms with Crippen LogP contribution in [0, 0.1) is 5.92 Å². The van der Waals surface area contributed by atoms with Crippen LogP contribution in [-0.4, -0.2) is 27.5 Å². The summed E-state index contributed by atoms with van der Waals surface area (Å²) in [6, 6.07) is 8.98. The molecule has 7 nitrogen and oxygen atoms in total. The number of nitrogens with one attached hydrogen (secondary N) is 1. The molecule has 1 amide bonds. The highest BCUT2D eigenvalue weighted by Crippen LogP contribution is 2.44. The van der Waals surface area contributed by atoms with Crippen molar-refractivity contribution in [2.45, 2.75) is 38.0 Å². The highest BCUT2D eigenvalue weighted by Gasteiger charge is 2.33. The average Bonchev–Trinajstić information content (AvgIpc) is 3.10. The SMILES string of the molecule is Nc1nnc(C2CC(Cc3ccc(NC(=O)Cc4cccc(OC(F)(F)F)c4)cn3)C2)s1. The summed E-state index contributed by atoms with van der Waals surface area (Å²) >= 11 is 1.43. The van der Waals surface area contributed by atoms with Gasteiger partial charge in [-0.2, -0.15) is 0 Å². The van der Waals surface area contributed by atoms with Gasteiger partial charge in [0.15, 0.2) is 0 Å². The first-order valence-electron chi connectivity index (χ1n) is 9.92. The Labute approximate surface area is 185 Å². The molecule has 1 aromatic carbocycles. The Balaban J connectivity index is 1.25. The maximum Gasteiger partial charge on any atom is 0.573 e. The maximum atomic E-state index is 12.3. The largest absolute Gasteiger partial charge is 0.573 e. The lowest BCUT2D eigenvalue weighted by atomic mass is 9.73. The summed E-state index contributed by atoms with van der Waals surface area (Å²) in [4.78, 5) is 16.7. The van der Waals surface area contributed by atoms with Crippen molar-refractivity contribution in [1.29, 1.82) is 0 Å². The molecular formula is C21H20F3N5O2S. The number of pyridine rings is 1. The Morgan fingerprint density at radius 1 is 1.22 bits per heavy atom. The van der Waals surface area contributed by atoms with Crippen molar-refractivity contribution in [3.63, 3.8) is 0 Å². The molecule has 0 spiro atoms. The molecule has 0 radical (unpaired) electrons. The minimum atomic E-state index is -4.78. The molecule has 168 valence electrons. The molecule has 0 saturated heterocycles. The summed E-state index contributed by atoms with van der Waals surface area (Å²) in [5.74, 6) is 0.209. The van der Waals surface area contributed by atoms with Gasteiger partial charge in [0.2, 0.25) is 11.0 Å². The van der Waals surface area contributed by atoms with Crippen LogP contribution in [0.15, 0.2) is 42.6 Å². The summed E-state index contributed by atoms with van der Waals surface area (Å²) < 4.78 is 40.9. The lowest BCUT2D eigenvalue weighted by Gasteiger charge is -2.33. The first-order chi connectivity index (χ1) is 15.2. The fourth-order valence-corrected chi connectivity index (χ4v) is 4.41. The Morgan fingerprint density at radius 3 is 2.69 bits per heavy atom. The molecule has 4 rings (SSSR count). The summed E-state index contributed by atoms with van der Waals surface area (Å²) in [6.07, 6.45) is -0.405. The number of hydrogen-bond donors (Lipinski definition) is 2. The molecule has 2 heterocycles. The van der Waals surface area contributed by atoms with Gasteiger partial charge in [-0.25, -0.2) is 0 Å². The van der Waals surface area contributed by atoms with Crippen LogP contribution >= 0.6 is 11.3 Å². The normalized spacial score (nSPS) is 18.1. The van der Waals surface area contributed by atoms with Gasteiger partial charge in [-0.05, 0) is 55.0 Å². The monoisotopic (exact) mass is 463 g/mol. The lowest BCUT2D eigenvalue weighted by Crippen LogP contribution is -2.24. The summed E-state index contributed by atoms with van der Waals surface area (Å²) in [5, 5.41) is 12.1. The number of anilines is 2. The van der Waals surface area contributed by atoms with Gasteiger partial charge in [0.25, 0.3) is 0 Å². The number of carbonyl (C=O) groups is 1. The standard InChI is InChI=1S/C21H20F3N5O2S/c22-21(23,24)31-17-3-1-2-12(9-17)10-18(30)27-16-5-4-15(26-11-16)8-13-6-14(7-13)19-28-29-20(25)32-19/h1-5,9,11,13-14H,6-8,10H2,(H2,25,29)(H,27,30). The molecule has 3 aromatic rings. The van der Waals surface area contributed by atoms with Gasteiger partial charge in [0, 0.05) is 11.6 Å². The van der Waals surface area contributed by atoms with Gasteiger partial charge in [-0.3, -0.25) is 9.78 Å². The van der Waals surface area contributed by atoms with Gasteiger partial charge in [-0.15, -0.1) is 23.4 Å². The van der Waals surface area contributed by atoms with Gasteiger partial charge < -0.3 is 15.8 Å². The van der Waals surface area contributed by atoms with Gasteiger partial charge >= 0.3 is 6.36 Å².